The number of carbonyl (C=O) groups is 3. The van der Waals surface area contributed by atoms with Gasteiger partial charge in [0.2, 0.25) is 17.8 Å². The van der Waals surface area contributed by atoms with Gasteiger partial charge in [-0.25, -0.2) is 4.98 Å². The summed E-state index contributed by atoms with van der Waals surface area (Å²) in [7, 11) is 1.57. The van der Waals surface area contributed by atoms with E-state index in [1.54, 1.807) is 12.0 Å². The minimum absolute atomic E-state index is 0.00626. The number of hydrogen-bond acceptors (Lipinski definition) is 8. The number of ether oxygens (including phenoxy) is 1. The third-order valence-electron chi connectivity index (χ3n) is 8.60. The van der Waals surface area contributed by atoms with Crippen LogP contribution in [0.5, 0.6) is 5.75 Å². The summed E-state index contributed by atoms with van der Waals surface area (Å²) in [5, 5.41) is 19.5. The highest BCUT2D eigenvalue weighted by Gasteiger charge is 2.48. The Morgan fingerprint density at radius 3 is 2.68 bits per heavy atom. The van der Waals surface area contributed by atoms with Crippen LogP contribution in [0.3, 0.4) is 0 Å². The van der Waals surface area contributed by atoms with Crippen LogP contribution in [0.15, 0.2) is 30.5 Å². The van der Waals surface area contributed by atoms with Gasteiger partial charge in [-0.1, -0.05) is 23.8 Å². The molecule has 2 bridgehead atoms. The number of carboxylic acids is 1. The molecule has 0 unspecified atom stereocenters. The topological polar surface area (TPSA) is 146 Å². The van der Waals surface area contributed by atoms with Crippen molar-refractivity contribution in [2.75, 3.05) is 29.2 Å². The van der Waals surface area contributed by atoms with E-state index in [2.05, 4.69) is 32.0 Å². The molecule has 2 aromatic rings. The number of aliphatic carboxylic acids is 1. The molecule has 4 aliphatic rings. The first-order chi connectivity index (χ1) is 19.8. The predicted octanol–water partition coefficient (Wildman–Crippen LogP) is 3.76. The van der Waals surface area contributed by atoms with Crippen LogP contribution in [0.25, 0.3) is 0 Å². The molecular weight excluding hydrogens is 548 g/mol. The summed E-state index contributed by atoms with van der Waals surface area (Å²) in [6.07, 6.45) is 9.02. The molecule has 0 radical (unpaired) electrons. The van der Waals surface area contributed by atoms with Gasteiger partial charge in [0.05, 0.1) is 30.6 Å². The van der Waals surface area contributed by atoms with Crippen LogP contribution in [0.4, 0.5) is 23.1 Å². The highest BCUT2D eigenvalue weighted by atomic mass is 35.5. The summed E-state index contributed by atoms with van der Waals surface area (Å²) in [4.78, 5) is 48.4. The molecule has 2 saturated carbocycles. The number of rotatable bonds is 9. The SMILES string of the molecule is CCN1C(=O)[C@H](NC(=O)C2CC2)CCc2c1ccc(Nc1ncc(Cl)c(N[C@H]3[C@@H](C(=O)O)[C@@H]4C=C[C@H]3C4)n1)c2OC. The number of anilines is 4. The molecule has 11 nitrogen and oxygen atoms in total. The van der Waals surface area contributed by atoms with Crippen molar-refractivity contribution in [1.29, 1.82) is 0 Å². The number of carboxylic acid groups (broad SMARTS) is 1. The normalized spacial score (nSPS) is 26.4. The van der Waals surface area contributed by atoms with Gasteiger partial charge in [-0.3, -0.25) is 14.4 Å². The van der Waals surface area contributed by atoms with Crippen LogP contribution in [0.2, 0.25) is 5.02 Å². The van der Waals surface area contributed by atoms with Gasteiger partial charge in [-0.15, -0.1) is 0 Å². The van der Waals surface area contributed by atoms with Crippen molar-refractivity contribution in [2.24, 2.45) is 23.7 Å². The van der Waals surface area contributed by atoms with Crippen LogP contribution in [-0.2, 0) is 20.8 Å². The van der Waals surface area contributed by atoms with Gasteiger partial charge in [0.25, 0.3) is 0 Å². The fourth-order valence-corrected chi connectivity index (χ4v) is 6.57. The van der Waals surface area contributed by atoms with Gasteiger partial charge >= 0.3 is 5.97 Å². The van der Waals surface area contributed by atoms with Gasteiger partial charge in [0, 0.05) is 24.1 Å². The number of methoxy groups -OCH3 is 1. The Hall–Kier alpha value is -3.86. The summed E-state index contributed by atoms with van der Waals surface area (Å²) < 4.78 is 5.84. The molecule has 2 amide bonds. The third kappa shape index (κ3) is 5.07. The maximum atomic E-state index is 13.4. The Kier molecular flexibility index (Phi) is 7.23. The Morgan fingerprint density at radius 2 is 1.98 bits per heavy atom. The van der Waals surface area contributed by atoms with Crippen molar-refractivity contribution < 1.29 is 24.2 Å². The van der Waals surface area contributed by atoms with Crippen molar-refractivity contribution in [2.45, 2.75) is 51.1 Å². The lowest BCUT2D eigenvalue weighted by Gasteiger charge is -2.27. The lowest BCUT2D eigenvalue weighted by Crippen LogP contribution is -2.48. The molecule has 41 heavy (non-hydrogen) atoms. The van der Waals surface area contributed by atoms with Gasteiger partial charge in [-0.2, -0.15) is 4.98 Å². The fraction of sp³-hybridized carbons (Fsp3) is 0.483. The summed E-state index contributed by atoms with van der Waals surface area (Å²) in [6, 6.07) is 2.75. The van der Waals surface area contributed by atoms with Crippen LogP contribution >= 0.6 is 11.6 Å². The van der Waals surface area contributed by atoms with Gasteiger partial charge in [0.1, 0.15) is 16.8 Å². The zero-order valence-electron chi connectivity index (χ0n) is 22.9. The molecule has 2 fully saturated rings. The van der Waals surface area contributed by atoms with E-state index in [1.165, 1.54) is 6.20 Å². The number of hydrogen-bond donors (Lipinski definition) is 4. The fourth-order valence-electron chi connectivity index (χ4n) is 6.42. The number of likely N-dealkylation sites (N-methyl/N-ethyl adjacent to an activating group) is 1. The monoisotopic (exact) mass is 580 g/mol. The van der Waals surface area contributed by atoms with Crippen LogP contribution in [-0.4, -0.2) is 58.6 Å². The quantitative estimate of drug-likeness (QED) is 0.326. The maximum absolute atomic E-state index is 13.4. The average molecular weight is 581 g/mol. The van der Waals surface area contributed by atoms with Crippen molar-refractivity contribution in [3.63, 3.8) is 0 Å². The smallest absolute Gasteiger partial charge is 0.309 e. The first-order valence-electron chi connectivity index (χ1n) is 14.1. The molecule has 2 heterocycles. The molecule has 1 aliphatic heterocycles. The van der Waals surface area contributed by atoms with Crippen LogP contribution < -0.4 is 25.6 Å². The third-order valence-corrected chi connectivity index (χ3v) is 8.87. The van der Waals surface area contributed by atoms with E-state index in [0.717, 1.165) is 30.5 Å². The largest absolute Gasteiger partial charge is 0.494 e. The summed E-state index contributed by atoms with van der Waals surface area (Å²) in [5.41, 5.74) is 2.20. The summed E-state index contributed by atoms with van der Waals surface area (Å²) in [6.45, 7) is 2.35. The number of aromatic nitrogens is 2. The van der Waals surface area contributed by atoms with Gasteiger partial charge in [0.15, 0.2) is 5.82 Å². The Labute approximate surface area is 242 Å². The lowest BCUT2D eigenvalue weighted by atomic mass is 9.89. The number of nitrogens with zero attached hydrogens (tertiary/aromatic N) is 3. The summed E-state index contributed by atoms with van der Waals surface area (Å²) >= 11 is 6.42. The van der Waals surface area contributed by atoms with E-state index < -0.39 is 17.9 Å². The first kappa shape index (κ1) is 27.3. The Bertz CT molecular complexity index is 1430. The molecule has 6 rings (SSSR count). The highest BCUT2D eigenvalue weighted by molar-refractivity contribution is 6.32. The highest BCUT2D eigenvalue weighted by Crippen LogP contribution is 2.46. The van der Waals surface area contributed by atoms with E-state index in [4.69, 9.17) is 16.3 Å². The minimum atomic E-state index is -0.841. The standard InChI is InChI=1S/C29H33ClN6O5/c1-3-36-21-11-10-19(24(41-2)17(21)8-9-20(27(36)38)32-26(37)14-4-5-14)33-29-31-13-18(30)25(35-29)34-23-16-7-6-15(12-16)22(23)28(39)40/h6-7,10-11,13-16,20,22-23H,3-5,8-9,12H2,1-2H3,(H,32,37)(H,39,40)(H2,31,33,34,35)/t15-,16+,20-,22+,23-/m1/s1. The number of carbonyl (C=O) groups excluding carboxylic acids is 2. The van der Waals surface area contributed by atoms with Crippen molar-refractivity contribution in [1.82, 2.24) is 15.3 Å². The second-order valence-electron chi connectivity index (χ2n) is 11.1. The number of allylic oxidation sites excluding steroid dienone is 1. The molecular formula is C29H33ClN6O5. The van der Waals surface area contributed by atoms with Crippen molar-refractivity contribution in [3.8, 4) is 5.75 Å². The van der Waals surface area contributed by atoms with Gasteiger partial charge < -0.3 is 30.7 Å². The van der Waals surface area contributed by atoms with Crippen LogP contribution in [0, 0.1) is 23.7 Å². The molecule has 0 spiro atoms. The van der Waals surface area contributed by atoms with Crippen LogP contribution in [0.1, 0.15) is 38.2 Å². The average Bonchev–Trinajstić information content (AvgIpc) is 3.64. The molecule has 5 atom stereocenters. The number of nitrogens with one attached hydrogen (secondary N) is 3. The number of fused-ring (bicyclic) bond motifs is 3. The molecule has 3 aliphatic carbocycles. The van der Waals surface area contributed by atoms with Crippen molar-refractivity contribution in [3.05, 3.63) is 41.1 Å². The predicted molar refractivity (Wildman–Crippen MR) is 154 cm³/mol. The zero-order valence-corrected chi connectivity index (χ0v) is 23.6. The number of amides is 2. The van der Waals surface area contributed by atoms with Gasteiger partial charge in [-0.05, 0) is 63.0 Å². The molecule has 0 saturated heterocycles. The first-order valence-corrected chi connectivity index (χ1v) is 14.5. The molecule has 1 aromatic carbocycles. The number of benzene rings is 1. The lowest BCUT2D eigenvalue weighted by molar-refractivity contribution is -0.142. The Morgan fingerprint density at radius 1 is 1.20 bits per heavy atom. The summed E-state index contributed by atoms with van der Waals surface area (Å²) in [5.74, 6) is -0.313. The molecule has 4 N–H and O–H groups in total. The molecule has 216 valence electrons. The zero-order chi connectivity index (χ0) is 28.8. The molecule has 12 heteroatoms. The second kappa shape index (κ2) is 10.8. The van der Waals surface area contributed by atoms with E-state index in [0.29, 0.717) is 36.6 Å². The second-order valence-corrected chi connectivity index (χ2v) is 11.5. The van der Waals surface area contributed by atoms with E-state index in [9.17, 15) is 19.5 Å². The Balaban J connectivity index is 1.25. The number of halogens is 1. The minimum Gasteiger partial charge on any atom is -0.494 e. The van der Waals surface area contributed by atoms with Crippen molar-refractivity contribution >= 4 is 52.5 Å². The molecule has 1 aromatic heterocycles. The van der Waals surface area contributed by atoms with E-state index in [1.807, 2.05) is 25.1 Å². The maximum Gasteiger partial charge on any atom is 0.309 e. The van der Waals surface area contributed by atoms with E-state index >= 15 is 0 Å². The van der Waals surface area contributed by atoms with E-state index in [-0.39, 0.29) is 46.6 Å².